The summed E-state index contributed by atoms with van der Waals surface area (Å²) >= 11 is 0. The van der Waals surface area contributed by atoms with Crippen molar-refractivity contribution < 1.29 is 14.0 Å². The highest BCUT2D eigenvalue weighted by Gasteiger charge is 2.36. The van der Waals surface area contributed by atoms with Crippen LogP contribution >= 0.6 is 0 Å². The van der Waals surface area contributed by atoms with E-state index in [-0.39, 0.29) is 11.8 Å². The van der Waals surface area contributed by atoms with Crippen LogP contribution in [0.15, 0.2) is 35.1 Å². The molecule has 7 heteroatoms. The predicted molar refractivity (Wildman–Crippen MR) is 78.8 cm³/mol. The monoisotopic (exact) mass is 302 g/mol. The van der Waals surface area contributed by atoms with E-state index in [1.807, 2.05) is 6.92 Å². The first-order valence-corrected chi connectivity index (χ1v) is 7.33. The van der Waals surface area contributed by atoms with Crippen LogP contribution in [0.2, 0.25) is 0 Å². The van der Waals surface area contributed by atoms with Crippen LogP contribution < -0.4 is 5.32 Å². The van der Waals surface area contributed by atoms with E-state index in [0.717, 1.165) is 6.54 Å². The molecule has 3 heterocycles. The molecule has 0 saturated carbocycles. The Morgan fingerprint density at radius 1 is 1.50 bits per heavy atom. The maximum absolute atomic E-state index is 12.4. The third-order valence-electron chi connectivity index (χ3n) is 3.75. The van der Waals surface area contributed by atoms with Gasteiger partial charge in [-0.2, -0.15) is 5.10 Å². The first kappa shape index (κ1) is 14.4. The molecular weight excluding hydrogens is 284 g/mol. The van der Waals surface area contributed by atoms with Gasteiger partial charge in [-0.1, -0.05) is 0 Å². The Hall–Kier alpha value is -2.57. The maximum Gasteiger partial charge on any atom is 0.248 e. The molecule has 2 amide bonds. The number of rotatable bonds is 5. The normalized spacial score (nSPS) is 18.0. The summed E-state index contributed by atoms with van der Waals surface area (Å²) in [6, 6.07) is 4.82. The summed E-state index contributed by atoms with van der Waals surface area (Å²) in [6.45, 7) is 3.02. The van der Waals surface area contributed by atoms with Gasteiger partial charge in [-0.15, -0.1) is 0 Å². The Balaban J connectivity index is 1.68. The minimum absolute atomic E-state index is 0.0318. The molecule has 0 aromatic carbocycles. The lowest BCUT2D eigenvalue weighted by Crippen LogP contribution is -2.41. The third-order valence-corrected chi connectivity index (χ3v) is 3.75. The van der Waals surface area contributed by atoms with Gasteiger partial charge in [0.1, 0.15) is 11.8 Å². The van der Waals surface area contributed by atoms with Crippen LogP contribution in [0, 0.1) is 0 Å². The quantitative estimate of drug-likeness (QED) is 0.910. The largest absolute Gasteiger partial charge is 0.467 e. The highest BCUT2D eigenvalue weighted by atomic mass is 16.3. The van der Waals surface area contributed by atoms with Crippen molar-refractivity contribution in [1.29, 1.82) is 0 Å². The fraction of sp³-hybridized carbons (Fsp3) is 0.400. The Labute approximate surface area is 127 Å². The van der Waals surface area contributed by atoms with E-state index in [1.165, 1.54) is 0 Å². The van der Waals surface area contributed by atoms with Crippen molar-refractivity contribution in [2.24, 2.45) is 0 Å². The molecule has 1 aliphatic heterocycles. The van der Waals surface area contributed by atoms with Crippen LogP contribution in [0.4, 0.5) is 5.82 Å². The Morgan fingerprint density at radius 3 is 3.05 bits per heavy atom. The summed E-state index contributed by atoms with van der Waals surface area (Å²) in [7, 11) is 0. The number of aryl methyl sites for hydroxylation is 1. The van der Waals surface area contributed by atoms with E-state index in [9.17, 15) is 9.59 Å². The fourth-order valence-electron chi connectivity index (χ4n) is 2.59. The Morgan fingerprint density at radius 2 is 2.36 bits per heavy atom. The lowest BCUT2D eigenvalue weighted by atomic mass is 10.2. The van der Waals surface area contributed by atoms with Gasteiger partial charge in [0.15, 0.2) is 5.82 Å². The number of nitrogens with zero attached hydrogens (tertiary/aromatic N) is 3. The van der Waals surface area contributed by atoms with Crippen molar-refractivity contribution in [2.45, 2.75) is 38.9 Å². The number of anilines is 1. The molecule has 1 aliphatic rings. The van der Waals surface area contributed by atoms with Crippen LogP contribution in [0.5, 0.6) is 0 Å². The molecule has 1 atom stereocenters. The standard InChI is InChI=1S/C15H18N4O3/c1-2-18-8-7-13(17-18)16-15(21)12-5-6-14(20)19(12)10-11-4-3-9-22-11/h3-4,7-9,12H,2,5-6,10H2,1H3,(H,16,17,21). The topological polar surface area (TPSA) is 80.4 Å². The van der Waals surface area contributed by atoms with Crippen molar-refractivity contribution in [3.8, 4) is 0 Å². The Bertz CT molecular complexity index is 662. The molecule has 116 valence electrons. The van der Waals surface area contributed by atoms with Crippen LogP contribution in [0.1, 0.15) is 25.5 Å². The Kier molecular flexibility index (Phi) is 3.95. The molecule has 0 bridgehead atoms. The fourth-order valence-corrected chi connectivity index (χ4v) is 2.59. The minimum Gasteiger partial charge on any atom is -0.467 e. The van der Waals surface area contributed by atoms with E-state index in [0.29, 0.717) is 31.0 Å². The van der Waals surface area contributed by atoms with Crippen molar-refractivity contribution in [2.75, 3.05) is 5.32 Å². The van der Waals surface area contributed by atoms with Crippen LogP contribution in [-0.4, -0.2) is 32.5 Å². The van der Waals surface area contributed by atoms with Gasteiger partial charge in [-0.3, -0.25) is 14.3 Å². The van der Waals surface area contributed by atoms with Crippen molar-refractivity contribution in [1.82, 2.24) is 14.7 Å². The smallest absolute Gasteiger partial charge is 0.248 e. The van der Waals surface area contributed by atoms with Gasteiger partial charge >= 0.3 is 0 Å². The molecule has 7 nitrogen and oxygen atoms in total. The summed E-state index contributed by atoms with van der Waals surface area (Å²) in [5.74, 6) is 0.932. The maximum atomic E-state index is 12.4. The molecule has 2 aromatic rings. The molecular formula is C15H18N4O3. The second-order valence-corrected chi connectivity index (χ2v) is 5.20. The molecule has 1 fully saturated rings. The number of hydrogen-bond acceptors (Lipinski definition) is 4. The van der Waals surface area contributed by atoms with Gasteiger partial charge in [0.05, 0.1) is 12.8 Å². The van der Waals surface area contributed by atoms with E-state index in [4.69, 9.17) is 4.42 Å². The summed E-state index contributed by atoms with van der Waals surface area (Å²) in [6.07, 6.45) is 4.25. The molecule has 1 saturated heterocycles. The molecule has 0 spiro atoms. The number of nitrogens with one attached hydrogen (secondary N) is 1. The SMILES string of the molecule is CCn1ccc(NC(=O)C2CCC(=O)N2Cc2ccco2)n1. The van der Waals surface area contributed by atoms with E-state index < -0.39 is 6.04 Å². The lowest BCUT2D eigenvalue weighted by molar-refractivity contribution is -0.134. The zero-order valence-electron chi connectivity index (χ0n) is 12.4. The van der Waals surface area contributed by atoms with Crippen molar-refractivity contribution >= 4 is 17.6 Å². The summed E-state index contributed by atoms with van der Waals surface area (Å²) in [4.78, 5) is 26.0. The third kappa shape index (κ3) is 2.88. The first-order chi connectivity index (χ1) is 10.7. The van der Waals surface area contributed by atoms with Gasteiger partial charge in [0, 0.05) is 25.2 Å². The van der Waals surface area contributed by atoms with E-state index >= 15 is 0 Å². The van der Waals surface area contributed by atoms with Crippen molar-refractivity contribution in [3.63, 3.8) is 0 Å². The van der Waals surface area contributed by atoms with E-state index in [2.05, 4.69) is 10.4 Å². The second kappa shape index (κ2) is 6.05. The predicted octanol–water partition coefficient (Wildman–Crippen LogP) is 1.63. The number of aromatic nitrogens is 2. The summed E-state index contributed by atoms with van der Waals surface area (Å²) in [5.41, 5.74) is 0. The lowest BCUT2D eigenvalue weighted by Gasteiger charge is -2.22. The van der Waals surface area contributed by atoms with Gasteiger partial charge in [-0.25, -0.2) is 0 Å². The van der Waals surface area contributed by atoms with Gasteiger partial charge < -0.3 is 14.6 Å². The highest BCUT2D eigenvalue weighted by molar-refractivity contribution is 5.98. The molecule has 22 heavy (non-hydrogen) atoms. The molecule has 0 radical (unpaired) electrons. The molecule has 0 aliphatic carbocycles. The number of furan rings is 1. The van der Waals surface area contributed by atoms with Crippen LogP contribution in [-0.2, 0) is 22.7 Å². The minimum atomic E-state index is -0.482. The first-order valence-electron chi connectivity index (χ1n) is 7.33. The zero-order valence-corrected chi connectivity index (χ0v) is 12.4. The zero-order chi connectivity index (χ0) is 15.5. The molecule has 1 N–H and O–H groups in total. The van der Waals surface area contributed by atoms with Crippen LogP contribution in [0.3, 0.4) is 0 Å². The second-order valence-electron chi connectivity index (χ2n) is 5.20. The number of amides is 2. The molecule has 2 aromatic heterocycles. The number of carbonyl (C=O) groups is 2. The van der Waals surface area contributed by atoms with Gasteiger partial charge in [0.25, 0.3) is 0 Å². The van der Waals surface area contributed by atoms with Gasteiger partial charge in [0.2, 0.25) is 11.8 Å². The number of hydrogen-bond donors (Lipinski definition) is 1. The number of carbonyl (C=O) groups excluding carboxylic acids is 2. The summed E-state index contributed by atoms with van der Waals surface area (Å²) in [5, 5.41) is 7.00. The van der Waals surface area contributed by atoms with Crippen LogP contribution in [0.25, 0.3) is 0 Å². The molecule has 3 rings (SSSR count). The van der Waals surface area contributed by atoms with E-state index in [1.54, 1.807) is 40.2 Å². The molecule has 1 unspecified atom stereocenters. The summed E-state index contributed by atoms with van der Waals surface area (Å²) < 4.78 is 7.00. The van der Waals surface area contributed by atoms with Gasteiger partial charge in [-0.05, 0) is 25.5 Å². The van der Waals surface area contributed by atoms with Crippen molar-refractivity contribution in [3.05, 3.63) is 36.4 Å². The highest BCUT2D eigenvalue weighted by Crippen LogP contribution is 2.22. The average molecular weight is 302 g/mol. The number of likely N-dealkylation sites (tertiary alicyclic amines) is 1. The average Bonchev–Trinajstić information content (AvgIpc) is 3.22.